The molecule has 1 saturated heterocycles. The number of nitrogens with one attached hydrogen (secondary N) is 1. The molecular weight excluding hydrogens is 347 g/mol. The Balaban J connectivity index is 1.62. The summed E-state index contributed by atoms with van der Waals surface area (Å²) >= 11 is 0. The number of likely N-dealkylation sites (tertiary alicyclic amines) is 1. The minimum absolute atomic E-state index is 0.163. The number of aliphatic hydroxyl groups excluding tert-OH is 1. The fraction of sp³-hybridized carbons (Fsp3) is 0.368. The van der Waals surface area contributed by atoms with Gasteiger partial charge < -0.3 is 16.2 Å². The molecule has 0 aliphatic carbocycles. The van der Waals surface area contributed by atoms with Gasteiger partial charge in [0.15, 0.2) is 5.82 Å². The summed E-state index contributed by atoms with van der Waals surface area (Å²) in [4.78, 5) is 6.53. The molecule has 0 amide bonds. The molecule has 3 aromatic rings. The Morgan fingerprint density at radius 2 is 2.22 bits per heavy atom. The molecule has 1 aliphatic rings. The lowest BCUT2D eigenvalue weighted by molar-refractivity contribution is 0.0501. The molecule has 0 spiro atoms. The van der Waals surface area contributed by atoms with Crippen LogP contribution in [0, 0.1) is 12.7 Å². The first-order chi connectivity index (χ1) is 13.0. The van der Waals surface area contributed by atoms with Crippen molar-refractivity contribution in [3.8, 4) is 0 Å². The van der Waals surface area contributed by atoms with Gasteiger partial charge in [-0.3, -0.25) is 4.90 Å². The van der Waals surface area contributed by atoms with E-state index in [1.54, 1.807) is 17.5 Å². The maximum atomic E-state index is 13.9. The van der Waals surface area contributed by atoms with Crippen LogP contribution in [0.25, 0.3) is 5.52 Å². The number of halogens is 1. The fourth-order valence-corrected chi connectivity index (χ4v) is 3.44. The minimum Gasteiger partial charge on any atom is -0.390 e. The standard InChI is InChI=1S/C19H23FN6O/c1-12-2-3-14(8-15(12)20)24-19-18-13(4-7-26(18)23-11-22-19)9-25-6-5-16(21)17(27)10-25/h2-4,7-8,11,16-17,27H,5-6,9-10,21H2,1H3,(H,22,23,24)/t16-,17-/m1/s1. The van der Waals surface area contributed by atoms with E-state index in [0.717, 1.165) is 24.0 Å². The molecule has 1 aromatic carbocycles. The second-order valence-electron chi connectivity index (χ2n) is 7.09. The molecule has 3 heterocycles. The summed E-state index contributed by atoms with van der Waals surface area (Å²) in [5, 5.41) is 17.5. The number of benzene rings is 1. The molecule has 4 rings (SSSR count). The van der Waals surface area contributed by atoms with Crippen molar-refractivity contribution in [1.29, 1.82) is 0 Å². The van der Waals surface area contributed by atoms with Crippen molar-refractivity contribution >= 4 is 17.0 Å². The van der Waals surface area contributed by atoms with E-state index in [-0.39, 0.29) is 11.9 Å². The van der Waals surface area contributed by atoms with Crippen LogP contribution in [0.3, 0.4) is 0 Å². The van der Waals surface area contributed by atoms with E-state index in [1.807, 2.05) is 18.3 Å². The van der Waals surface area contributed by atoms with E-state index in [9.17, 15) is 9.50 Å². The molecule has 8 heteroatoms. The summed E-state index contributed by atoms with van der Waals surface area (Å²) in [5.41, 5.74) is 8.99. The van der Waals surface area contributed by atoms with Crippen molar-refractivity contribution in [2.75, 3.05) is 18.4 Å². The van der Waals surface area contributed by atoms with Gasteiger partial charge in [-0.25, -0.2) is 13.9 Å². The largest absolute Gasteiger partial charge is 0.390 e. The number of aryl methyl sites for hydroxylation is 1. The van der Waals surface area contributed by atoms with Crippen molar-refractivity contribution in [2.24, 2.45) is 5.73 Å². The number of aromatic nitrogens is 3. The van der Waals surface area contributed by atoms with Crippen LogP contribution in [0.4, 0.5) is 15.9 Å². The SMILES string of the molecule is Cc1ccc(Nc2ncnn3ccc(CN4CC[C@@H](N)[C@H](O)C4)c23)cc1F. The maximum absolute atomic E-state index is 13.9. The monoisotopic (exact) mass is 370 g/mol. The van der Waals surface area contributed by atoms with Crippen molar-refractivity contribution < 1.29 is 9.50 Å². The quantitative estimate of drug-likeness (QED) is 0.649. The van der Waals surface area contributed by atoms with Gasteiger partial charge in [0.25, 0.3) is 0 Å². The Hall–Kier alpha value is -2.55. The molecule has 1 aliphatic heterocycles. The number of nitrogens with two attached hydrogens (primary N) is 1. The molecule has 2 atom stereocenters. The van der Waals surface area contributed by atoms with Crippen LogP contribution in [0.5, 0.6) is 0 Å². The topological polar surface area (TPSA) is 91.7 Å². The average molecular weight is 370 g/mol. The first kappa shape index (κ1) is 17.8. The van der Waals surface area contributed by atoms with E-state index in [2.05, 4.69) is 20.3 Å². The van der Waals surface area contributed by atoms with Gasteiger partial charge in [-0.2, -0.15) is 5.10 Å². The van der Waals surface area contributed by atoms with Gasteiger partial charge in [0.1, 0.15) is 17.7 Å². The van der Waals surface area contributed by atoms with Gasteiger partial charge in [-0.1, -0.05) is 6.07 Å². The van der Waals surface area contributed by atoms with E-state index in [4.69, 9.17) is 5.73 Å². The van der Waals surface area contributed by atoms with Crippen molar-refractivity contribution in [3.63, 3.8) is 0 Å². The molecule has 1 fully saturated rings. The lowest BCUT2D eigenvalue weighted by Gasteiger charge is -2.33. The van der Waals surface area contributed by atoms with E-state index >= 15 is 0 Å². The van der Waals surface area contributed by atoms with Gasteiger partial charge in [-0.15, -0.1) is 0 Å². The number of piperidine rings is 1. The molecular formula is C19H23FN6O. The van der Waals surface area contributed by atoms with Gasteiger partial charge >= 0.3 is 0 Å². The Bertz CT molecular complexity index is 959. The summed E-state index contributed by atoms with van der Waals surface area (Å²) in [6, 6.07) is 6.84. The number of fused-ring (bicyclic) bond motifs is 1. The fourth-order valence-electron chi connectivity index (χ4n) is 3.44. The van der Waals surface area contributed by atoms with Crippen LogP contribution >= 0.6 is 0 Å². The third-order valence-corrected chi connectivity index (χ3v) is 5.08. The predicted molar refractivity (Wildman–Crippen MR) is 101 cm³/mol. The Kier molecular flexibility index (Phi) is 4.77. The van der Waals surface area contributed by atoms with E-state index in [1.165, 1.54) is 12.4 Å². The molecule has 0 radical (unpaired) electrons. The molecule has 0 bridgehead atoms. The number of rotatable bonds is 4. The van der Waals surface area contributed by atoms with E-state index < -0.39 is 6.10 Å². The van der Waals surface area contributed by atoms with Crippen LogP contribution in [-0.4, -0.2) is 49.8 Å². The number of aliphatic hydroxyl groups is 1. The molecule has 7 nitrogen and oxygen atoms in total. The summed E-state index contributed by atoms with van der Waals surface area (Å²) in [7, 11) is 0. The summed E-state index contributed by atoms with van der Waals surface area (Å²) < 4.78 is 15.6. The lowest BCUT2D eigenvalue weighted by atomic mass is 10.0. The number of hydrogen-bond acceptors (Lipinski definition) is 6. The van der Waals surface area contributed by atoms with Crippen LogP contribution in [-0.2, 0) is 6.54 Å². The van der Waals surface area contributed by atoms with Crippen LogP contribution in [0.2, 0.25) is 0 Å². The average Bonchev–Trinajstić information content (AvgIpc) is 3.05. The highest BCUT2D eigenvalue weighted by molar-refractivity contribution is 5.76. The zero-order valence-corrected chi connectivity index (χ0v) is 15.1. The van der Waals surface area contributed by atoms with E-state index in [0.29, 0.717) is 30.2 Å². The number of anilines is 2. The number of hydrogen-bond donors (Lipinski definition) is 3. The molecule has 4 N–H and O–H groups in total. The Morgan fingerprint density at radius 1 is 1.37 bits per heavy atom. The second-order valence-corrected chi connectivity index (χ2v) is 7.09. The summed E-state index contributed by atoms with van der Waals surface area (Å²) in [6.07, 6.45) is 3.58. The van der Waals surface area contributed by atoms with Crippen molar-refractivity contribution in [1.82, 2.24) is 19.5 Å². The number of β-amino-alcohol motifs (C(OH)–C–C–N with tert-alkyl or cyclic N) is 1. The first-order valence-corrected chi connectivity index (χ1v) is 9.01. The maximum Gasteiger partial charge on any atom is 0.158 e. The van der Waals surface area contributed by atoms with Crippen LogP contribution < -0.4 is 11.1 Å². The van der Waals surface area contributed by atoms with Gasteiger partial charge in [0.2, 0.25) is 0 Å². The highest BCUT2D eigenvalue weighted by Crippen LogP contribution is 2.25. The molecule has 142 valence electrons. The molecule has 27 heavy (non-hydrogen) atoms. The normalized spacial score (nSPS) is 20.9. The Morgan fingerprint density at radius 3 is 3.00 bits per heavy atom. The second kappa shape index (κ2) is 7.22. The van der Waals surface area contributed by atoms with Crippen molar-refractivity contribution in [3.05, 3.63) is 53.7 Å². The molecule has 0 saturated carbocycles. The van der Waals surface area contributed by atoms with Gasteiger partial charge in [-0.05, 0) is 42.7 Å². The highest BCUT2D eigenvalue weighted by atomic mass is 19.1. The summed E-state index contributed by atoms with van der Waals surface area (Å²) in [5.74, 6) is 0.349. The highest BCUT2D eigenvalue weighted by Gasteiger charge is 2.25. The van der Waals surface area contributed by atoms with Gasteiger partial charge in [0.05, 0.1) is 6.10 Å². The first-order valence-electron chi connectivity index (χ1n) is 9.01. The van der Waals surface area contributed by atoms with Crippen LogP contribution in [0.15, 0.2) is 36.8 Å². The minimum atomic E-state index is -0.517. The van der Waals surface area contributed by atoms with Gasteiger partial charge in [0, 0.05) is 37.6 Å². The lowest BCUT2D eigenvalue weighted by Crippen LogP contribution is -2.50. The Labute approximate surface area is 156 Å². The third-order valence-electron chi connectivity index (χ3n) is 5.08. The zero-order chi connectivity index (χ0) is 19.0. The molecule has 2 aromatic heterocycles. The van der Waals surface area contributed by atoms with Crippen molar-refractivity contribution in [2.45, 2.75) is 32.0 Å². The predicted octanol–water partition coefficient (Wildman–Crippen LogP) is 1.81. The third kappa shape index (κ3) is 3.64. The number of nitrogens with zero attached hydrogens (tertiary/aromatic N) is 4. The zero-order valence-electron chi connectivity index (χ0n) is 15.1. The van der Waals surface area contributed by atoms with Crippen LogP contribution in [0.1, 0.15) is 17.5 Å². The smallest absolute Gasteiger partial charge is 0.158 e. The summed E-state index contributed by atoms with van der Waals surface area (Å²) in [6.45, 7) is 3.75. The molecule has 0 unspecified atom stereocenters.